The van der Waals surface area contributed by atoms with Crippen LogP contribution >= 0.6 is 11.8 Å². The molecule has 2 aromatic rings. The lowest BCUT2D eigenvalue weighted by atomic mass is 10.1. The Balaban J connectivity index is 1.90. The van der Waals surface area contributed by atoms with Crippen LogP contribution < -0.4 is 0 Å². The molecule has 3 nitrogen and oxygen atoms in total. The van der Waals surface area contributed by atoms with Gasteiger partial charge in [0.05, 0.1) is 12.8 Å². The largest absolute Gasteiger partial charge is 0.494 e. The van der Waals surface area contributed by atoms with Crippen LogP contribution in [0.2, 0.25) is 0 Å². The smallest absolute Gasteiger partial charge is 0.146 e. The maximum Gasteiger partial charge on any atom is 0.146 e. The molecule has 130 valence electrons. The van der Waals surface area contributed by atoms with E-state index < -0.39 is 0 Å². The van der Waals surface area contributed by atoms with Crippen LogP contribution in [0.4, 0.5) is 0 Å². The van der Waals surface area contributed by atoms with Crippen LogP contribution in [0.1, 0.15) is 36.4 Å². The molecule has 1 aliphatic rings. The van der Waals surface area contributed by atoms with Crippen LogP contribution in [0.15, 0.2) is 57.8 Å². The Bertz CT molecular complexity index is 855. The van der Waals surface area contributed by atoms with Gasteiger partial charge in [-0.25, -0.2) is 4.99 Å². The lowest BCUT2D eigenvalue weighted by Gasteiger charge is -2.05. The fourth-order valence-electron chi connectivity index (χ4n) is 2.84. The zero-order valence-electron chi connectivity index (χ0n) is 15.4. The Hall–Kier alpha value is -2.20. The molecule has 0 amide bonds. The summed E-state index contributed by atoms with van der Waals surface area (Å²) in [5.41, 5.74) is 6.31. The number of aromatic nitrogens is 1. The summed E-state index contributed by atoms with van der Waals surface area (Å²) in [7, 11) is 1.69. The van der Waals surface area contributed by atoms with E-state index in [-0.39, 0.29) is 0 Å². The Morgan fingerprint density at radius 1 is 1.16 bits per heavy atom. The van der Waals surface area contributed by atoms with E-state index >= 15 is 0 Å². The standard InChI is InChI=1S/C21H24N2OS/c1-13(2)25-17-8-6-16(7-9-17)19-12-21(24-5)20(23-19)11-18-14(3)10-15(4)22-18/h6-13,22H,1-5H3/b20-11+. The van der Waals surface area contributed by atoms with Crippen LogP contribution in [-0.4, -0.2) is 23.1 Å². The lowest BCUT2D eigenvalue weighted by Crippen LogP contribution is -1.94. The maximum absolute atomic E-state index is 5.53. The molecule has 0 saturated carbocycles. The van der Waals surface area contributed by atoms with E-state index in [0.29, 0.717) is 5.25 Å². The molecule has 1 N–H and O–H groups in total. The van der Waals surface area contributed by atoms with Crippen LogP contribution in [0.5, 0.6) is 0 Å². The molecule has 1 aromatic heterocycles. The Morgan fingerprint density at radius 3 is 2.44 bits per heavy atom. The number of benzene rings is 1. The number of nitrogens with zero attached hydrogens (tertiary/aromatic N) is 1. The summed E-state index contributed by atoms with van der Waals surface area (Å²) >= 11 is 1.87. The Morgan fingerprint density at radius 2 is 1.88 bits per heavy atom. The summed E-state index contributed by atoms with van der Waals surface area (Å²) in [6, 6.07) is 10.7. The van der Waals surface area contributed by atoms with Gasteiger partial charge in [-0.05, 0) is 43.7 Å². The molecule has 2 heterocycles. The highest BCUT2D eigenvalue weighted by Gasteiger charge is 2.17. The summed E-state index contributed by atoms with van der Waals surface area (Å²) in [6.07, 6.45) is 4.05. The normalized spacial score (nSPS) is 15.7. The highest BCUT2D eigenvalue weighted by molar-refractivity contribution is 7.99. The molecule has 3 rings (SSSR count). The van der Waals surface area contributed by atoms with Gasteiger partial charge in [0.15, 0.2) is 0 Å². The number of aryl methyl sites for hydroxylation is 2. The molecule has 0 saturated heterocycles. The molecule has 0 aliphatic carbocycles. The first-order valence-electron chi connectivity index (χ1n) is 8.46. The molecule has 0 spiro atoms. The van der Waals surface area contributed by atoms with Crippen LogP contribution in [0.3, 0.4) is 0 Å². The first-order chi connectivity index (χ1) is 12.0. The second-order valence-electron chi connectivity index (χ2n) is 6.48. The minimum Gasteiger partial charge on any atom is -0.494 e. The number of methoxy groups -OCH3 is 1. The van der Waals surface area contributed by atoms with Crippen molar-refractivity contribution >= 4 is 23.5 Å². The van der Waals surface area contributed by atoms with Gasteiger partial charge in [-0.1, -0.05) is 26.0 Å². The van der Waals surface area contributed by atoms with Gasteiger partial charge >= 0.3 is 0 Å². The van der Waals surface area contributed by atoms with Gasteiger partial charge in [0.1, 0.15) is 11.5 Å². The molecule has 0 atom stereocenters. The molecule has 1 aromatic carbocycles. The molecule has 1 aliphatic heterocycles. The number of aromatic amines is 1. The van der Waals surface area contributed by atoms with Crippen molar-refractivity contribution in [2.45, 2.75) is 37.8 Å². The predicted octanol–water partition coefficient (Wildman–Crippen LogP) is 5.51. The van der Waals surface area contributed by atoms with Crippen molar-refractivity contribution in [3.63, 3.8) is 0 Å². The van der Waals surface area contributed by atoms with Gasteiger partial charge in [-0.15, -0.1) is 11.8 Å². The fraction of sp³-hybridized carbons (Fsp3) is 0.286. The van der Waals surface area contributed by atoms with Crippen LogP contribution in [0.25, 0.3) is 6.08 Å². The van der Waals surface area contributed by atoms with E-state index in [4.69, 9.17) is 9.73 Å². The van der Waals surface area contributed by atoms with Crippen molar-refractivity contribution < 1.29 is 4.74 Å². The van der Waals surface area contributed by atoms with E-state index in [9.17, 15) is 0 Å². The predicted molar refractivity (Wildman–Crippen MR) is 107 cm³/mol. The lowest BCUT2D eigenvalue weighted by molar-refractivity contribution is 0.303. The van der Waals surface area contributed by atoms with E-state index in [2.05, 4.69) is 63.0 Å². The van der Waals surface area contributed by atoms with Crippen LogP contribution in [-0.2, 0) is 4.74 Å². The number of nitrogens with one attached hydrogen (secondary N) is 1. The third-order valence-electron chi connectivity index (χ3n) is 3.97. The number of rotatable bonds is 5. The summed E-state index contributed by atoms with van der Waals surface area (Å²) in [5, 5.41) is 0.580. The topological polar surface area (TPSA) is 37.4 Å². The third-order valence-corrected chi connectivity index (χ3v) is 4.99. The Labute approximate surface area is 153 Å². The van der Waals surface area contributed by atoms with Crippen molar-refractivity contribution in [2.24, 2.45) is 4.99 Å². The number of aliphatic imine (C=N–C) groups is 1. The number of H-pyrrole nitrogens is 1. The zero-order chi connectivity index (χ0) is 18.0. The molecule has 0 radical (unpaired) electrons. The number of thioether (sulfide) groups is 1. The van der Waals surface area contributed by atoms with E-state index in [0.717, 1.165) is 34.1 Å². The minimum atomic E-state index is 0.580. The van der Waals surface area contributed by atoms with Gasteiger partial charge < -0.3 is 9.72 Å². The average molecular weight is 353 g/mol. The summed E-state index contributed by atoms with van der Waals surface area (Å²) in [5.74, 6) is 0.794. The monoisotopic (exact) mass is 352 g/mol. The second-order valence-corrected chi connectivity index (χ2v) is 8.13. The third kappa shape index (κ3) is 4.07. The van der Waals surface area contributed by atoms with E-state index in [1.54, 1.807) is 7.11 Å². The molecule has 25 heavy (non-hydrogen) atoms. The van der Waals surface area contributed by atoms with Crippen molar-refractivity contribution in [3.8, 4) is 0 Å². The molecule has 0 bridgehead atoms. The number of hydrogen-bond acceptors (Lipinski definition) is 3. The van der Waals surface area contributed by atoms with Crippen LogP contribution in [0, 0.1) is 13.8 Å². The zero-order valence-corrected chi connectivity index (χ0v) is 16.2. The van der Waals surface area contributed by atoms with Gasteiger partial charge in [-0.3, -0.25) is 0 Å². The van der Waals surface area contributed by atoms with Crippen molar-refractivity contribution in [3.05, 3.63) is 70.4 Å². The molecular formula is C21H24N2OS. The molecule has 0 unspecified atom stereocenters. The number of allylic oxidation sites excluding steroid dienone is 1. The minimum absolute atomic E-state index is 0.580. The van der Waals surface area contributed by atoms with Gasteiger partial charge in [0.25, 0.3) is 0 Å². The first-order valence-corrected chi connectivity index (χ1v) is 9.34. The second kappa shape index (κ2) is 7.36. The average Bonchev–Trinajstić information content (AvgIpc) is 3.11. The number of ether oxygens (including phenoxy) is 1. The van der Waals surface area contributed by atoms with Gasteiger partial charge in [0, 0.05) is 33.2 Å². The molecule has 0 fully saturated rings. The van der Waals surface area contributed by atoms with E-state index in [1.165, 1.54) is 10.5 Å². The molecular weight excluding hydrogens is 328 g/mol. The van der Waals surface area contributed by atoms with Crippen molar-refractivity contribution in [2.75, 3.05) is 7.11 Å². The van der Waals surface area contributed by atoms with Gasteiger partial charge in [0.2, 0.25) is 0 Å². The quantitative estimate of drug-likeness (QED) is 0.721. The highest BCUT2D eigenvalue weighted by atomic mass is 32.2. The van der Waals surface area contributed by atoms with Crippen molar-refractivity contribution in [1.82, 2.24) is 4.98 Å². The Kier molecular flexibility index (Phi) is 5.19. The van der Waals surface area contributed by atoms with Gasteiger partial charge in [-0.2, -0.15) is 0 Å². The maximum atomic E-state index is 5.53. The molecule has 4 heteroatoms. The first kappa shape index (κ1) is 17.6. The van der Waals surface area contributed by atoms with E-state index in [1.807, 2.05) is 23.9 Å². The summed E-state index contributed by atoms with van der Waals surface area (Å²) in [4.78, 5) is 9.42. The number of hydrogen-bond donors (Lipinski definition) is 1. The SMILES string of the molecule is COC1=CC(c2ccc(SC(C)C)cc2)=N/C1=C/c1[nH]c(C)cc1C. The van der Waals surface area contributed by atoms with Crippen molar-refractivity contribution in [1.29, 1.82) is 0 Å². The fourth-order valence-corrected chi connectivity index (χ4v) is 3.68. The highest BCUT2D eigenvalue weighted by Crippen LogP contribution is 2.28. The summed E-state index contributed by atoms with van der Waals surface area (Å²) < 4.78 is 5.53. The summed E-state index contributed by atoms with van der Waals surface area (Å²) in [6.45, 7) is 8.56.